The highest BCUT2D eigenvalue weighted by Gasteiger charge is 2.35. The molecule has 90 valence electrons. The van der Waals surface area contributed by atoms with Crippen molar-refractivity contribution in [2.45, 2.75) is 6.54 Å². The number of oxazole rings is 1. The molecule has 4 aromatic rings. The van der Waals surface area contributed by atoms with E-state index in [4.69, 9.17) is 4.42 Å². The molecule has 0 N–H and O–H groups in total. The van der Waals surface area contributed by atoms with E-state index in [-0.39, 0.29) is 0 Å². The van der Waals surface area contributed by atoms with Gasteiger partial charge in [0, 0.05) is 24.8 Å². The molecule has 0 aliphatic carbocycles. The van der Waals surface area contributed by atoms with Crippen LogP contribution in [0.1, 0.15) is 5.56 Å². The zero-order valence-electron chi connectivity index (χ0n) is 9.95. The zero-order valence-corrected chi connectivity index (χ0v) is 9.95. The van der Waals surface area contributed by atoms with E-state index in [2.05, 4.69) is 14.5 Å². The Balaban J connectivity index is 1.94. The predicted octanol–water partition coefficient (Wildman–Crippen LogP) is 1.79. The molecule has 1 aliphatic heterocycles. The normalized spacial score (nSPS) is 13.1. The number of fused-ring (bicyclic) bond motifs is 7. The molecule has 5 heterocycles. The molecule has 0 spiro atoms. The maximum Gasteiger partial charge on any atom is 0.382 e. The summed E-state index contributed by atoms with van der Waals surface area (Å²) in [4.78, 5) is 8.62. The minimum absolute atomic E-state index is 0.793. The van der Waals surface area contributed by atoms with E-state index in [1.807, 2.05) is 35.1 Å². The Hall–Kier alpha value is -2.69. The van der Waals surface area contributed by atoms with Crippen molar-refractivity contribution in [1.82, 2.24) is 14.4 Å². The first kappa shape index (κ1) is 9.27. The minimum atomic E-state index is 0.793. The molecule has 0 amide bonds. The van der Waals surface area contributed by atoms with Crippen molar-refractivity contribution in [3.05, 3.63) is 48.7 Å². The monoisotopic (exact) mass is 249 g/mol. The van der Waals surface area contributed by atoms with E-state index in [0.717, 1.165) is 34.7 Å². The van der Waals surface area contributed by atoms with Crippen LogP contribution in [0.3, 0.4) is 0 Å². The Morgan fingerprint density at radius 1 is 1.32 bits per heavy atom. The highest BCUT2D eigenvalue weighted by molar-refractivity contribution is 5.86. The lowest BCUT2D eigenvalue weighted by Gasteiger charge is -1.89. The fourth-order valence-corrected chi connectivity index (χ4v) is 2.84. The molecule has 5 heteroatoms. The first-order chi connectivity index (χ1) is 9.42. The Morgan fingerprint density at radius 2 is 2.32 bits per heavy atom. The van der Waals surface area contributed by atoms with Gasteiger partial charge in [-0.15, -0.1) is 4.57 Å². The molecule has 0 saturated carbocycles. The van der Waals surface area contributed by atoms with Crippen molar-refractivity contribution in [1.29, 1.82) is 0 Å². The molecule has 19 heavy (non-hydrogen) atoms. The van der Waals surface area contributed by atoms with Crippen LogP contribution in [0.5, 0.6) is 0 Å². The largest absolute Gasteiger partial charge is 0.396 e. The van der Waals surface area contributed by atoms with E-state index in [9.17, 15) is 0 Å². The van der Waals surface area contributed by atoms with E-state index < -0.39 is 0 Å². The summed E-state index contributed by atoms with van der Waals surface area (Å²) in [7, 11) is 0. The average molecular weight is 249 g/mol. The quantitative estimate of drug-likeness (QED) is 0.393. The van der Waals surface area contributed by atoms with Gasteiger partial charge in [-0.25, -0.2) is 4.98 Å². The number of hydrogen-bond donors (Lipinski definition) is 0. The van der Waals surface area contributed by atoms with Gasteiger partial charge in [0.05, 0.1) is 17.3 Å². The van der Waals surface area contributed by atoms with Crippen LogP contribution in [0.2, 0.25) is 0 Å². The van der Waals surface area contributed by atoms with Crippen LogP contribution in [0.4, 0.5) is 0 Å². The molecule has 0 aromatic carbocycles. The average Bonchev–Trinajstić information content (AvgIpc) is 3.05. The summed E-state index contributed by atoms with van der Waals surface area (Å²) in [5, 5.41) is 0. The second-order valence-electron chi connectivity index (χ2n) is 4.72. The van der Waals surface area contributed by atoms with Gasteiger partial charge in [0.15, 0.2) is 6.54 Å². The summed E-state index contributed by atoms with van der Waals surface area (Å²) in [5.41, 5.74) is 5.16. The molecule has 0 radical (unpaired) electrons. The van der Waals surface area contributed by atoms with E-state index >= 15 is 0 Å². The van der Waals surface area contributed by atoms with E-state index in [0.29, 0.717) is 0 Å². The van der Waals surface area contributed by atoms with Crippen LogP contribution in [0.15, 0.2) is 47.5 Å². The topological polar surface area (TPSA) is 47.2 Å². The SMILES string of the molecule is c1cnc2c3c(cn2c1)oc1[n+]3Cc2cnccc2-1. The molecule has 0 bridgehead atoms. The van der Waals surface area contributed by atoms with E-state index in [1.165, 1.54) is 5.56 Å². The van der Waals surface area contributed by atoms with Gasteiger partial charge < -0.3 is 4.42 Å². The van der Waals surface area contributed by atoms with Crippen LogP contribution in [-0.2, 0) is 6.54 Å². The fraction of sp³-hybridized carbons (Fsp3) is 0.0714. The van der Waals surface area contributed by atoms with Crippen molar-refractivity contribution >= 4 is 16.7 Å². The number of pyridine rings is 1. The Bertz CT molecular complexity index is 951. The molecule has 0 saturated heterocycles. The lowest BCUT2D eigenvalue weighted by Crippen LogP contribution is -2.30. The second-order valence-corrected chi connectivity index (χ2v) is 4.72. The smallest absolute Gasteiger partial charge is 0.382 e. The maximum absolute atomic E-state index is 6.00. The van der Waals surface area contributed by atoms with Crippen LogP contribution in [-0.4, -0.2) is 14.4 Å². The first-order valence-electron chi connectivity index (χ1n) is 6.13. The summed E-state index contributed by atoms with van der Waals surface area (Å²) in [6.45, 7) is 0.793. The summed E-state index contributed by atoms with van der Waals surface area (Å²) in [6, 6.07) is 3.91. The van der Waals surface area contributed by atoms with Crippen LogP contribution < -0.4 is 4.57 Å². The zero-order chi connectivity index (χ0) is 12.4. The summed E-state index contributed by atoms with van der Waals surface area (Å²) in [6.07, 6.45) is 9.46. The van der Waals surface area contributed by atoms with Gasteiger partial charge in [-0.2, -0.15) is 0 Å². The molecule has 1 aliphatic rings. The number of aromatic nitrogens is 4. The minimum Gasteiger partial charge on any atom is -0.396 e. The highest BCUT2D eigenvalue weighted by Crippen LogP contribution is 2.31. The molecule has 0 fully saturated rings. The lowest BCUT2D eigenvalue weighted by molar-refractivity contribution is -0.648. The number of nitrogens with zero attached hydrogens (tertiary/aromatic N) is 4. The van der Waals surface area contributed by atoms with Gasteiger partial charge in [-0.05, 0) is 12.1 Å². The first-order valence-corrected chi connectivity index (χ1v) is 6.13. The van der Waals surface area contributed by atoms with Crippen LogP contribution in [0, 0.1) is 0 Å². The standard InChI is InChI=1S/C14H9N4O/c1-3-16-13-12-11(8-17(13)5-1)19-14-10-2-4-15-6-9(10)7-18(12)14/h1-6,8H,7H2/q+1. The maximum atomic E-state index is 6.00. The Kier molecular flexibility index (Phi) is 1.46. The molecular formula is C14H9N4O+. The van der Waals surface area contributed by atoms with Crippen LogP contribution >= 0.6 is 0 Å². The van der Waals surface area contributed by atoms with Gasteiger partial charge >= 0.3 is 5.89 Å². The number of hydrogen-bond acceptors (Lipinski definition) is 3. The molecule has 5 nitrogen and oxygen atoms in total. The third kappa shape index (κ3) is 1.03. The molecule has 4 aromatic heterocycles. The predicted molar refractivity (Wildman–Crippen MR) is 67.5 cm³/mol. The third-order valence-electron chi connectivity index (χ3n) is 3.66. The van der Waals surface area contributed by atoms with Gasteiger partial charge in [0.2, 0.25) is 11.2 Å². The number of rotatable bonds is 0. The van der Waals surface area contributed by atoms with Crippen molar-refractivity contribution in [3.8, 4) is 11.5 Å². The van der Waals surface area contributed by atoms with E-state index in [1.54, 1.807) is 12.4 Å². The molecular weight excluding hydrogens is 240 g/mol. The highest BCUT2D eigenvalue weighted by atomic mass is 16.4. The van der Waals surface area contributed by atoms with Crippen LogP contribution in [0.25, 0.3) is 28.2 Å². The molecule has 5 rings (SSSR count). The van der Waals surface area contributed by atoms with Gasteiger partial charge in [0.1, 0.15) is 0 Å². The lowest BCUT2D eigenvalue weighted by atomic mass is 10.2. The summed E-state index contributed by atoms with van der Waals surface area (Å²) < 4.78 is 10.2. The Morgan fingerprint density at radius 3 is 3.32 bits per heavy atom. The van der Waals surface area contributed by atoms with Crippen molar-refractivity contribution in [2.24, 2.45) is 0 Å². The molecule has 0 unspecified atom stereocenters. The van der Waals surface area contributed by atoms with Crippen molar-refractivity contribution < 1.29 is 8.98 Å². The third-order valence-corrected chi connectivity index (χ3v) is 3.66. The van der Waals surface area contributed by atoms with Gasteiger partial charge in [-0.1, -0.05) is 0 Å². The Labute approximate surface area is 107 Å². The van der Waals surface area contributed by atoms with Crippen molar-refractivity contribution in [3.63, 3.8) is 0 Å². The second kappa shape index (κ2) is 3.00. The summed E-state index contributed by atoms with van der Waals surface area (Å²) >= 11 is 0. The fourth-order valence-electron chi connectivity index (χ4n) is 2.84. The summed E-state index contributed by atoms with van der Waals surface area (Å²) in [5.74, 6) is 0.899. The van der Waals surface area contributed by atoms with Crippen molar-refractivity contribution in [2.75, 3.05) is 0 Å². The van der Waals surface area contributed by atoms with Gasteiger partial charge in [-0.3, -0.25) is 9.38 Å². The van der Waals surface area contributed by atoms with Gasteiger partial charge in [0.25, 0.3) is 5.52 Å². The molecule has 0 atom stereocenters.